The standard InChI is InChI=1S/C26H31N5O2/c1-4-30-12-13-31(25(32)15-24-18(2)28-29-19(24)3)17-23(26(30)33)14-20-7-9-21(10-8-20)22-6-5-11-27-16-22/h5-11,16,23H,4,12-15,17H2,1-3H3,(H,28,29). The first-order valence-electron chi connectivity index (χ1n) is 11.5. The Morgan fingerprint density at radius 2 is 1.91 bits per heavy atom. The van der Waals surface area contributed by atoms with Crippen molar-refractivity contribution in [1.29, 1.82) is 0 Å². The van der Waals surface area contributed by atoms with Gasteiger partial charge in [-0.3, -0.25) is 19.7 Å². The second-order valence-corrected chi connectivity index (χ2v) is 8.69. The molecular formula is C26H31N5O2. The molecule has 0 bridgehead atoms. The van der Waals surface area contributed by atoms with E-state index in [4.69, 9.17) is 0 Å². The molecule has 1 aliphatic rings. The van der Waals surface area contributed by atoms with Gasteiger partial charge in [0.2, 0.25) is 11.8 Å². The van der Waals surface area contributed by atoms with Crippen molar-refractivity contribution >= 4 is 11.8 Å². The smallest absolute Gasteiger partial charge is 0.227 e. The molecule has 1 unspecified atom stereocenters. The number of nitrogens with zero attached hydrogens (tertiary/aromatic N) is 4. The van der Waals surface area contributed by atoms with Gasteiger partial charge in [-0.15, -0.1) is 0 Å². The second-order valence-electron chi connectivity index (χ2n) is 8.69. The Kier molecular flexibility index (Phi) is 6.87. The van der Waals surface area contributed by atoms with Crippen molar-refractivity contribution in [2.75, 3.05) is 26.2 Å². The van der Waals surface area contributed by atoms with Crippen molar-refractivity contribution in [3.8, 4) is 11.1 Å². The highest BCUT2D eigenvalue weighted by Gasteiger charge is 2.32. The van der Waals surface area contributed by atoms with Gasteiger partial charge < -0.3 is 9.80 Å². The number of aromatic nitrogens is 3. The number of pyridine rings is 1. The van der Waals surface area contributed by atoms with Gasteiger partial charge in [0.25, 0.3) is 0 Å². The third-order valence-corrected chi connectivity index (χ3v) is 6.52. The predicted molar refractivity (Wildman–Crippen MR) is 127 cm³/mol. The van der Waals surface area contributed by atoms with Crippen LogP contribution in [-0.4, -0.2) is 63.0 Å². The maximum Gasteiger partial charge on any atom is 0.227 e. The molecule has 1 aliphatic heterocycles. The van der Waals surface area contributed by atoms with Gasteiger partial charge in [0.1, 0.15) is 0 Å². The van der Waals surface area contributed by atoms with Crippen molar-refractivity contribution in [3.05, 3.63) is 71.3 Å². The predicted octanol–water partition coefficient (Wildman–Crippen LogP) is 3.18. The molecule has 1 fully saturated rings. The van der Waals surface area contributed by atoms with Gasteiger partial charge in [-0.1, -0.05) is 30.3 Å². The molecular weight excluding hydrogens is 414 g/mol. The third-order valence-electron chi connectivity index (χ3n) is 6.52. The number of aromatic amines is 1. The molecule has 0 radical (unpaired) electrons. The minimum absolute atomic E-state index is 0.0466. The summed E-state index contributed by atoms with van der Waals surface area (Å²) in [6.07, 6.45) is 4.52. The van der Waals surface area contributed by atoms with Crippen LogP contribution in [0.25, 0.3) is 11.1 Å². The van der Waals surface area contributed by atoms with E-state index in [1.165, 1.54) is 0 Å². The van der Waals surface area contributed by atoms with E-state index in [-0.39, 0.29) is 17.7 Å². The summed E-state index contributed by atoms with van der Waals surface area (Å²) in [5, 5.41) is 7.16. The first kappa shape index (κ1) is 22.7. The van der Waals surface area contributed by atoms with Crippen LogP contribution < -0.4 is 0 Å². The van der Waals surface area contributed by atoms with Gasteiger partial charge >= 0.3 is 0 Å². The first-order valence-corrected chi connectivity index (χ1v) is 11.5. The first-order chi connectivity index (χ1) is 16.0. The van der Waals surface area contributed by atoms with E-state index in [0.717, 1.165) is 33.6 Å². The highest BCUT2D eigenvalue weighted by molar-refractivity contribution is 5.83. The van der Waals surface area contributed by atoms with E-state index in [0.29, 0.717) is 39.0 Å². The van der Waals surface area contributed by atoms with Crippen molar-refractivity contribution in [2.24, 2.45) is 5.92 Å². The molecule has 1 saturated heterocycles. The topological polar surface area (TPSA) is 82.2 Å². The van der Waals surface area contributed by atoms with Crippen LogP contribution in [0.3, 0.4) is 0 Å². The number of hydrogen-bond donors (Lipinski definition) is 1. The fraction of sp³-hybridized carbons (Fsp3) is 0.385. The molecule has 0 saturated carbocycles. The molecule has 4 rings (SSSR count). The fourth-order valence-electron chi connectivity index (χ4n) is 4.49. The van der Waals surface area contributed by atoms with Crippen LogP contribution in [0.4, 0.5) is 0 Å². The Bertz CT molecular complexity index is 1090. The summed E-state index contributed by atoms with van der Waals surface area (Å²) in [6.45, 7) is 8.06. The molecule has 7 heteroatoms. The molecule has 1 atom stereocenters. The van der Waals surface area contributed by atoms with Gasteiger partial charge in [-0.2, -0.15) is 5.10 Å². The Morgan fingerprint density at radius 3 is 2.55 bits per heavy atom. The average Bonchev–Trinajstić information content (AvgIpc) is 3.06. The largest absolute Gasteiger partial charge is 0.341 e. The molecule has 172 valence electrons. The number of nitrogens with one attached hydrogen (secondary N) is 1. The Morgan fingerprint density at radius 1 is 1.12 bits per heavy atom. The van der Waals surface area contributed by atoms with Crippen LogP contribution in [0, 0.1) is 19.8 Å². The molecule has 0 spiro atoms. The molecule has 3 aromatic rings. The minimum atomic E-state index is -0.257. The number of aryl methyl sites for hydroxylation is 2. The van der Waals surface area contributed by atoms with E-state index < -0.39 is 0 Å². The normalized spacial score (nSPS) is 16.7. The van der Waals surface area contributed by atoms with Gasteiger partial charge in [0, 0.05) is 49.8 Å². The molecule has 1 N–H and O–H groups in total. The van der Waals surface area contributed by atoms with Crippen LogP contribution in [0.1, 0.15) is 29.4 Å². The zero-order valence-corrected chi connectivity index (χ0v) is 19.5. The van der Waals surface area contributed by atoms with Gasteiger partial charge in [-0.05, 0) is 49.9 Å². The number of carbonyl (C=O) groups is 2. The molecule has 2 amide bonds. The summed E-state index contributed by atoms with van der Waals surface area (Å²) in [7, 11) is 0. The lowest BCUT2D eigenvalue weighted by Gasteiger charge is -2.24. The number of hydrogen-bond acceptors (Lipinski definition) is 4. The summed E-state index contributed by atoms with van der Waals surface area (Å²) in [6, 6.07) is 12.2. The zero-order valence-electron chi connectivity index (χ0n) is 19.5. The summed E-state index contributed by atoms with van der Waals surface area (Å²) < 4.78 is 0. The van der Waals surface area contributed by atoms with Crippen LogP contribution >= 0.6 is 0 Å². The number of amides is 2. The van der Waals surface area contributed by atoms with Crippen LogP contribution in [0.5, 0.6) is 0 Å². The van der Waals surface area contributed by atoms with E-state index >= 15 is 0 Å². The highest BCUT2D eigenvalue weighted by Crippen LogP contribution is 2.22. The van der Waals surface area contributed by atoms with Gasteiger partial charge in [0.15, 0.2) is 0 Å². The highest BCUT2D eigenvalue weighted by atomic mass is 16.2. The van der Waals surface area contributed by atoms with E-state index in [1.807, 2.05) is 48.9 Å². The summed E-state index contributed by atoms with van der Waals surface area (Å²) in [4.78, 5) is 34.3. The van der Waals surface area contributed by atoms with E-state index in [9.17, 15) is 9.59 Å². The maximum atomic E-state index is 13.2. The summed E-state index contributed by atoms with van der Waals surface area (Å²) in [5.74, 6) is -0.0859. The molecule has 0 aliphatic carbocycles. The number of likely N-dealkylation sites (N-methyl/N-ethyl adjacent to an activating group) is 1. The van der Waals surface area contributed by atoms with Crippen molar-refractivity contribution in [1.82, 2.24) is 25.0 Å². The van der Waals surface area contributed by atoms with Gasteiger partial charge in [0.05, 0.1) is 18.0 Å². The van der Waals surface area contributed by atoms with Crippen molar-refractivity contribution < 1.29 is 9.59 Å². The van der Waals surface area contributed by atoms with Crippen molar-refractivity contribution in [3.63, 3.8) is 0 Å². The number of benzene rings is 1. The second kappa shape index (κ2) is 9.98. The van der Waals surface area contributed by atoms with Gasteiger partial charge in [-0.25, -0.2) is 0 Å². The molecule has 1 aromatic carbocycles. The molecule has 33 heavy (non-hydrogen) atoms. The average molecular weight is 446 g/mol. The number of H-pyrrole nitrogens is 1. The zero-order chi connectivity index (χ0) is 23.4. The molecule has 3 heterocycles. The van der Waals surface area contributed by atoms with Crippen LogP contribution in [0.15, 0.2) is 48.8 Å². The van der Waals surface area contributed by atoms with E-state index in [2.05, 4.69) is 39.4 Å². The fourth-order valence-corrected chi connectivity index (χ4v) is 4.49. The monoisotopic (exact) mass is 445 g/mol. The van der Waals surface area contributed by atoms with Crippen LogP contribution in [-0.2, 0) is 22.4 Å². The Balaban J connectivity index is 1.50. The third kappa shape index (κ3) is 5.13. The maximum absolute atomic E-state index is 13.2. The number of carbonyl (C=O) groups excluding carboxylic acids is 2. The lowest BCUT2D eigenvalue weighted by molar-refractivity contribution is -0.134. The summed E-state index contributed by atoms with van der Waals surface area (Å²) >= 11 is 0. The SMILES string of the molecule is CCN1CCN(C(=O)Cc2c(C)n[nH]c2C)CC(Cc2ccc(-c3cccnc3)cc2)C1=O. The lowest BCUT2D eigenvalue weighted by atomic mass is 9.95. The Hall–Kier alpha value is -3.48. The van der Waals surface area contributed by atoms with Crippen molar-refractivity contribution in [2.45, 2.75) is 33.6 Å². The van der Waals surface area contributed by atoms with E-state index in [1.54, 1.807) is 6.20 Å². The Labute approximate surface area is 194 Å². The number of rotatable bonds is 6. The quantitative estimate of drug-likeness (QED) is 0.632. The lowest BCUT2D eigenvalue weighted by Crippen LogP contribution is -2.38. The van der Waals surface area contributed by atoms with Crippen LogP contribution in [0.2, 0.25) is 0 Å². The molecule has 7 nitrogen and oxygen atoms in total. The molecule has 2 aromatic heterocycles. The summed E-state index contributed by atoms with van der Waals surface area (Å²) in [5.41, 5.74) is 5.97. The minimum Gasteiger partial charge on any atom is -0.341 e.